The summed E-state index contributed by atoms with van der Waals surface area (Å²) in [6.07, 6.45) is 0. The topological polar surface area (TPSA) is 130 Å². The van der Waals surface area contributed by atoms with Crippen molar-refractivity contribution in [2.45, 2.75) is 17.4 Å². The van der Waals surface area contributed by atoms with Gasteiger partial charge in [-0.1, -0.05) is 0 Å². The molecule has 1 atom stereocenters. The number of sulfonamides is 1. The molecule has 0 aliphatic rings. The molecule has 0 aromatic heterocycles. The third-order valence-corrected chi connectivity index (χ3v) is 3.89. The molecule has 0 saturated heterocycles. The molecule has 0 heterocycles. The number of halogens is 2. The van der Waals surface area contributed by atoms with E-state index in [4.69, 9.17) is 5.11 Å². The Morgan fingerprint density at radius 3 is 2.43 bits per heavy atom. The molecule has 0 aliphatic heterocycles. The van der Waals surface area contributed by atoms with Crippen LogP contribution in [-0.4, -0.2) is 42.3 Å². The molecule has 0 aliphatic carbocycles. The van der Waals surface area contributed by atoms with E-state index in [9.17, 15) is 32.4 Å². The molecule has 0 radical (unpaired) electrons. The summed E-state index contributed by atoms with van der Waals surface area (Å²) in [5, 5.41) is 28.8. The first-order valence-corrected chi connectivity index (χ1v) is 6.95. The van der Waals surface area contributed by atoms with Crippen LogP contribution in [0.1, 0.15) is 6.92 Å². The number of nitrogens with zero attached hydrogens (tertiary/aromatic N) is 1. The first kappa shape index (κ1) is 17.4. The number of aliphatic hydroxyl groups is 2. The van der Waals surface area contributed by atoms with Crippen molar-refractivity contribution in [3.05, 3.63) is 33.9 Å². The summed E-state index contributed by atoms with van der Waals surface area (Å²) in [5.74, 6) is -3.03. The normalized spacial score (nSPS) is 14.7. The highest BCUT2D eigenvalue weighted by atomic mass is 32.2. The van der Waals surface area contributed by atoms with E-state index in [-0.39, 0.29) is 12.1 Å². The Labute approximate surface area is 118 Å². The number of hydrogen-bond acceptors (Lipinski definition) is 6. The van der Waals surface area contributed by atoms with Gasteiger partial charge in [-0.05, 0) is 6.92 Å². The summed E-state index contributed by atoms with van der Waals surface area (Å²) in [7, 11) is -4.57. The molecule has 118 valence electrons. The smallest absolute Gasteiger partial charge is 0.306 e. The van der Waals surface area contributed by atoms with Gasteiger partial charge in [-0.2, -0.15) is 4.39 Å². The highest BCUT2D eigenvalue weighted by Crippen LogP contribution is 2.24. The molecular weight excluding hydrogens is 314 g/mol. The zero-order valence-corrected chi connectivity index (χ0v) is 11.5. The van der Waals surface area contributed by atoms with E-state index in [1.807, 2.05) is 0 Å². The van der Waals surface area contributed by atoms with Crippen LogP contribution in [0, 0.1) is 21.7 Å². The monoisotopic (exact) mass is 326 g/mol. The Kier molecular flexibility index (Phi) is 4.94. The Bertz CT molecular complexity index is 662. The molecule has 0 fully saturated rings. The molecule has 8 nitrogen and oxygen atoms in total. The Hall–Kier alpha value is -1.69. The largest absolute Gasteiger partial charge is 0.393 e. The lowest BCUT2D eigenvalue weighted by atomic mass is 10.1. The van der Waals surface area contributed by atoms with Crippen molar-refractivity contribution >= 4 is 15.7 Å². The van der Waals surface area contributed by atoms with Gasteiger partial charge in [0.1, 0.15) is 10.7 Å². The summed E-state index contributed by atoms with van der Waals surface area (Å²) in [6, 6.07) is 0.317. The number of nitrogens with one attached hydrogen (secondary N) is 1. The lowest BCUT2D eigenvalue weighted by Gasteiger charge is -2.20. The van der Waals surface area contributed by atoms with Crippen LogP contribution in [0.4, 0.5) is 14.5 Å². The molecular formula is C10H12F2N2O6S. The average Bonchev–Trinajstić information content (AvgIpc) is 2.36. The van der Waals surface area contributed by atoms with Crippen molar-refractivity contribution in [3.63, 3.8) is 0 Å². The molecule has 1 unspecified atom stereocenters. The number of nitro benzene ring substituents is 1. The van der Waals surface area contributed by atoms with E-state index in [1.54, 1.807) is 4.72 Å². The van der Waals surface area contributed by atoms with Gasteiger partial charge in [0.25, 0.3) is 0 Å². The molecule has 0 spiro atoms. The maximum absolute atomic E-state index is 13.5. The molecule has 0 saturated carbocycles. The molecule has 21 heavy (non-hydrogen) atoms. The summed E-state index contributed by atoms with van der Waals surface area (Å²) in [5.41, 5.74) is -3.01. The Balaban J connectivity index is 3.20. The van der Waals surface area contributed by atoms with Crippen LogP contribution >= 0.6 is 0 Å². The summed E-state index contributed by atoms with van der Waals surface area (Å²) < 4.78 is 52.0. The van der Waals surface area contributed by atoms with Crippen molar-refractivity contribution < 1.29 is 32.3 Å². The number of aliphatic hydroxyl groups excluding tert-OH is 1. The van der Waals surface area contributed by atoms with Gasteiger partial charge < -0.3 is 10.2 Å². The zero-order chi connectivity index (χ0) is 16.4. The second-order valence-corrected chi connectivity index (χ2v) is 6.21. The van der Waals surface area contributed by atoms with Gasteiger partial charge in [-0.25, -0.2) is 17.5 Å². The highest BCUT2D eigenvalue weighted by Gasteiger charge is 2.28. The number of rotatable bonds is 6. The molecule has 0 bridgehead atoms. The van der Waals surface area contributed by atoms with Crippen LogP contribution in [0.25, 0.3) is 0 Å². The zero-order valence-electron chi connectivity index (χ0n) is 10.7. The third-order valence-electron chi connectivity index (χ3n) is 2.47. The van der Waals surface area contributed by atoms with Gasteiger partial charge in [0.15, 0.2) is 0 Å². The van der Waals surface area contributed by atoms with Gasteiger partial charge >= 0.3 is 5.69 Å². The van der Waals surface area contributed by atoms with Gasteiger partial charge in [-0.3, -0.25) is 10.1 Å². The maximum atomic E-state index is 13.5. The van der Waals surface area contributed by atoms with Crippen LogP contribution < -0.4 is 4.72 Å². The predicted octanol–water partition coefficient (Wildman–Crippen LogP) is -0.105. The minimum absolute atomic E-state index is 0.0802. The number of benzene rings is 1. The van der Waals surface area contributed by atoms with Crippen molar-refractivity contribution in [2.24, 2.45) is 0 Å². The number of nitro groups is 1. The van der Waals surface area contributed by atoms with Gasteiger partial charge in [0, 0.05) is 18.7 Å². The van der Waals surface area contributed by atoms with Gasteiger partial charge in [0.05, 0.1) is 17.1 Å². The minimum Gasteiger partial charge on any atom is -0.393 e. The minimum atomic E-state index is -4.57. The molecule has 1 aromatic carbocycles. The molecule has 3 N–H and O–H groups in total. The maximum Gasteiger partial charge on any atom is 0.306 e. The van der Waals surface area contributed by atoms with Gasteiger partial charge in [-0.15, -0.1) is 0 Å². The standard InChI is InChI=1S/C10H12F2N2O6S/c1-10(16,5-15)4-13-21(19,20)9-3-8(14(17)18)6(11)2-7(9)12/h2-3,13,15-16H,4-5H2,1H3. The van der Waals surface area contributed by atoms with E-state index in [0.29, 0.717) is 0 Å². The van der Waals surface area contributed by atoms with Crippen LogP contribution in [0.3, 0.4) is 0 Å². The fraction of sp³-hybridized carbons (Fsp3) is 0.400. The fourth-order valence-electron chi connectivity index (χ4n) is 1.25. The van der Waals surface area contributed by atoms with E-state index in [0.717, 1.165) is 6.92 Å². The van der Waals surface area contributed by atoms with Crippen molar-refractivity contribution in [1.82, 2.24) is 4.72 Å². The Morgan fingerprint density at radius 2 is 1.95 bits per heavy atom. The van der Waals surface area contributed by atoms with Gasteiger partial charge in [0.2, 0.25) is 15.8 Å². The Morgan fingerprint density at radius 1 is 1.38 bits per heavy atom. The average molecular weight is 326 g/mol. The lowest BCUT2D eigenvalue weighted by Crippen LogP contribution is -2.43. The molecule has 1 aromatic rings. The van der Waals surface area contributed by atoms with Crippen LogP contribution in [0.2, 0.25) is 0 Å². The second kappa shape index (κ2) is 5.97. The van der Waals surface area contributed by atoms with E-state index in [1.165, 1.54) is 0 Å². The molecule has 0 amide bonds. The van der Waals surface area contributed by atoms with Crippen LogP contribution in [0.5, 0.6) is 0 Å². The van der Waals surface area contributed by atoms with Crippen LogP contribution in [-0.2, 0) is 10.0 Å². The number of hydrogen-bond donors (Lipinski definition) is 3. The first-order valence-electron chi connectivity index (χ1n) is 5.46. The first-order chi connectivity index (χ1) is 9.50. The van der Waals surface area contributed by atoms with E-state index in [2.05, 4.69) is 0 Å². The second-order valence-electron chi connectivity index (χ2n) is 4.47. The predicted molar refractivity (Wildman–Crippen MR) is 65.9 cm³/mol. The summed E-state index contributed by atoms with van der Waals surface area (Å²) in [6.45, 7) is -0.336. The summed E-state index contributed by atoms with van der Waals surface area (Å²) >= 11 is 0. The highest BCUT2D eigenvalue weighted by molar-refractivity contribution is 7.89. The van der Waals surface area contributed by atoms with Crippen molar-refractivity contribution in [2.75, 3.05) is 13.2 Å². The fourth-order valence-corrected chi connectivity index (χ4v) is 2.49. The van der Waals surface area contributed by atoms with Crippen molar-refractivity contribution in [1.29, 1.82) is 0 Å². The molecule has 1 rings (SSSR count). The SMILES string of the molecule is CC(O)(CO)CNS(=O)(=O)c1cc([N+](=O)[O-])c(F)cc1F. The third kappa shape index (κ3) is 4.14. The molecule has 11 heteroatoms. The lowest BCUT2D eigenvalue weighted by molar-refractivity contribution is -0.387. The van der Waals surface area contributed by atoms with Crippen molar-refractivity contribution in [3.8, 4) is 0 Å². The van der Waals surface area contributed by atoms with Crippen LogP contribution in [0.15, 0.2) is 17.0 Å². The summed E-state index contributed by atoms with van der Waals surface area (Å²) in [4.78, 5) is 8.20. The van der Waals surface area contributed by atoms with E-state index < -0.39 is 55.9 Å². The quantitative estimate of drug-likeness (QED) is 0.494. The van der Waals surface area contributed by atoms with E-state index >= 15 is 0 Å².